The lowest BCUT2D eigenvalue weighted by Crippen LogP contribution is -2.37. The minimum absolute atomic E-state index is 0.0120. The van der Waals surface area contributed by atoms with Crippen LogP contribution in [-0.4, -0.2) is 53.7 Å². The average Bonchev–Trinajstić information content (AvgIpc) is 2.92. The number of carbonyl (C=O) groups excluding carboxylic acids is 1. The van der Waals surface area contributed by atoms with Gasteiger partial charge in [0.05, 0.1) is 24.0 Å². The van der Waals surface area contributed by atoms with Crippen molar-refractivity contribution in [1.82, 2.24) is 4.90 Å². The molecule has 0 radical (unpaired) electrons. The van der Waals surface area contributed by atoms with Crippen molar-refractivity contribution in [3.63, 3.8) is 0 Å². The zero-order valence-corrected chi connectivity index (χ0v) is 15.0. The van der Waals surface area contributed by atoms with Crippen molar-refractivity contribution in [2.45, 2.75) is 24.6 Å². The van der Waals surface area contributed by atoms with Crippen molar-refractivity contribution in [1.29, 1.82) is 0 Å². The normalized spacial score (nSPS) is 27.4. The smallest absolute Gasteiger partial charge is 0.252 e. The Morgan fingerprint density at radius 1 is 1.35 bits per heavy atom. The highest BCUT2D eigenvalue weighted by Gasteiger charge is 2.48. The van der Waals surface area contributed by atoms with E-state index in [9.17, 15) is 13.2 Å². The van der Waals surface area contributed by atoms with E-state index in [0.29, 0.717) is 16.7 Å². The van der Waals surface area contributed by atoms with Crippen molar-refractivity contribution in [2.24, 2.45) is 4.99 Å². The van der Waals surface area contributed by atoms with Crippen LogP contribution in [0.3, 0.4) is 0 Å². The highest BCUT2D eigenvalue weighted by atomic mass is 35.5. The number of amidine groups is 1. The van der Waals surface area contributed by atoms with E-state index in [1.807, 2.05) is 11.8 Å². The number of nitrogens with zero attached hydrogens (tertiary/aromatic N) is 2. The van der Waals surface area contributed by atoms with Crippen LogP contribution in [0, 0.1) is 0 Å². The molecule has 3 rings (SSSR count). The van der Waals surface area contributed by atoms with Gasteiger partial charge in [0.2, 0.25) is 0 Å². The second kappa shape index (κ2) is 6.45. The molecule has 5 nitrogen and oxygen atoms in total. The van der Waals surface area contributed by atoms with Crippen molar-refractivity contribution in [2.75, 3.05) is 18.1 Å². The second-order valence-corrected chi connectivity index (χ2v) is 9.47. The zero-order valence-electron chi connectivity index (χ0n) is 12.6. The third kappa shape index (κ3) is 3.72. The Kier molecular flexibility index (Phi) is 4.71. The number of carbonyl (C=O) groups is 1. The fourth-order valence-corrected chi connectivity index (χ4v) is 7.09. The Hall–Kier alpha value is -1.05. The summed E-state index contributed by atoms with van der Waals surface area (Å²) in [5, 5.41) is 1.27. The molecule has 2 saturated heterocycles. The van der Waals surface area contributed by atoms with Crippen LogP contribution in [0.25, 0.3) is 0 Å². The third-order valence-corrected chi connectivity index (χ3v) is 7.50. The van der Waals surface area contributed by atoms with Gasteiger partial charge in [0.1, 0.15) is 0 Å². The summed E-state index contributed by atoms with van der Waals surface area (Å²) in [6.07, 6.45) is 0.215. The van der Waals surface area contributed by atoms with Gasteiger partial charge < -0.3 is 4.90 Å². The van der Waals surface area contributed by atoms with E-state index >= 15 is 0 Å². The molecule has 2 heterocycles. The molecule has 2 aliphatic heterocycles. The minimum Gasteiger partial charge on any atom is -0.346 e. The molecule has 23 heavy (non-hydrogen) atoms. The van der Waals surface area contributed by atoms with Gasteiger partial charge in [0.15, 0.2) is 15.0 Å². The first-order chi connectivity index (χ1) is 10.9. The van der Waals surface area contributed by atoms with Crippen molar-refractivity contribution >= 4 is 44.3 Å². The molecule has 0 saturated carbocycles. The molecule has 124 valence electrons. The van der Waals surface area contributed by atoms with Gasteiger partial charge >= 0.3 is 0 Å². The van der Waals surface area contributed by atoms with Gasteiger partial charge in [-0.3, -0.25) is 4.79 Å². The molecule has 0 aliphatic carbocycles. The summed E-state index contributed by atoms with van der Waals surface area (Å²) >= 11 is 7.24. The lowest BCUT2D eigenvalue weighted by molar-refractivity contribution is -0.117. The van der Waals surface area contributed by atoms with Gasteiger partial charge in [-0.25, -0.2) is 8.42 Å². The van der Waals surface area contributed by atoms with Gasteiger partial charge in [-0.15, -0.1) is 0 Å². The number of hydrogen-bond acceptors (Lipinski definition) is 4. The van der Waals surface area contributed by atoms with E-state index in [1.54, 1.807) is 24.3 Å². The van der Waals surface area contributed by atoms with Crippen LogP contribution in [0.1, 0.15) is 12.5 Å². The average molecular weight is 373 g/mol. The van der Waals surface area contributed by atoms with Crippen LogP contribution in [-0.2, 0) is 21.1 Å². The maximum atomic E-state index is 12.2. The molecule has 8 heteroatoms. The molecule has 2 fully saturated rings. The highest BCUT2D eigenvalue weighted by Crippen LogP contribution is 2.37. The number of amides is 1. The summed E-state index contributed by atoms with van der Waals surface area (Å²) in [5.74, 6) is 0.0997. The second-order valence-electron chi connectivity index (χ2n) is 5.68. The van der Waals surface area contributed by atoms with Crippen LogP contribution >= 0.6 is 23.4 Å². The zero-order chi connectivity index (χ0) is 16.6. The number of fused-ring (bicyclic) bond motifs is 1. The Balaban J connectivity index is 1.72. The highest BCUT2D eigenvalue weighted by molar-refractivity contribution is 8.15. The fourth-order valence-electron chi connectivity index (χ4n) is 2.93. The van der Waals surface area contributed by atoms with Gasteiger partial charge in [-0.1, -0.05) is 35.5 Å². The van der Waals surface area contributed by atoms with E-state index in [4.69, 9.17) is 11.6 Å². The lowest BCUT2D eigenvalue weighted by Gasteiger charge is -2.22. The molecule has 0 aromatic heterocycles. The molecule has 2 aliphatic rings. The van der Waals surface area contributed by atoms with Crippen molar-refractivity contribution < 1.29 is 13.2 Å². The van der Waals surface area contributed by atoms with Crippen LogP contribution < -0.4 is 0 Å². The first kappa shape index (κ1) is 16.8. The van der Waals surface area contributed by atoms with Gasteiger partial charge in [-0.2, -0.15) is 4.99 Å². The van der Waals surface area contributed by atoms with Crippen LogP contribution in [0.2, 0.25) is 5.02 Å². The van der Waals surface area contributed by atoms with Crippen molar-refractivity contribution in [3.05, 3.63) is 34.9 Å². The number of hydrogen-bond donors (Lipinski definition) is 0. The summed E-state index contributed by atoms with van der Waals surface area (Å²) in [4.78, 5) is 18.3. The van der Waals surface area contributed by atoms with Gasteiger partial charge in [0.25, 0.3) is 5.91 Å². The predicted molar refractivity (Wildman–Crippen MR) is 93.8 cm³/mol. The fraction of sp³-hybridized carbons (Fsp3) is 0.467. The first-order valence-electron chi connectivity index (χ1n) is 7.37. The molecular weight excluding hydrogens is 356 g/mol. The number of thioether (sulfide) groups is 1. The summed E-state index contributed by atoms with van der Waals surface area (Å²) in [6.45, 7) is 2.60. The topological polar surface area (TPSA) is 66.8 Å². The standard InChI is InChI=1S/C15H17ClN2O3S2/c1-2-18-12-8-23(20,21)9-13(12)22-15(18)17-14(19)7-10-3-5-11(16)6-4-10/h3-6,12-13H,2,7-9H2,1H3/t12-,13-/m0/s1. The number of benzene rings is 1. The SMILES string of the molecule is CCN1C(=NC(=O)Cc2ccc(Cl)cc2)S[C@H]2CS(=O)(=O)C[C@@H]21. The number of rotatable bonds is 3. The monoisotopic (exact) mass is 372 g/mol. The molecule has 2 atom stereocenters. The molecule has 0 bridgehead atoms. The molecule has 0 unspecified atom stereocenters. The first-order valence-corrected chi connectivity index (χ1v) is 10.5. The van der Waals surface area contributed by atoms with Gasteiger partial charge in [-0.05, 0) is 24.6 Å². The van der Waals surface area contributed by atoms with Crippen molar-refractivity contribution in [3.8, 4) is 0 Å². The number of aliphatic imine (C=N–C) groups is 1. The Labute approximate surface area is 145 Å². The summed E-state index contributed by atoms with van der Waals surface area (Å²) in [5.41, 5.74) is 0.859. The van der Waals surface area contributed by atoms with E-state index < -0.39 is 9.84 Å². The summed E-state index contributed by atoms with van der Waals surface area (Å²) < 4.78 is 23.5. The quantitative estimate of drug-likeness (QED) is 0.811. The minimum atomic E-state index is -2.97. The lowest BCUT2D eigenvalue weighted by atomic mass is 10.1. The van der Waals surface area contributed by atoms with Crippen LogP contribution in [0.15, 0.2) is 29.3 Å². The van der Waals surface area contributed by atoms with Crippen LogP contribution in [0.4, 0.5) is 0 Å². The molecular formula is C15H17ClN2O3S2. The largest absolute Gasteiger partial charge is 0.346 e. The summed E-state index contributed by atoms with van der Waals surface area (Å²) in [6, 6.07) is 7.05. The van der Waals surface area contributed by atoms with E-state index in [2.05, 4.69) is 4.99 Å². The molecule has 1 aromatic carbocycles. The van der Waals surface area contributed by atoms with E-state index in [0.717, 1.165) is 5.56 Å². The molecule has 1 amide bonds. The summed E-state index contributed by atoms with van der Waals surface area (Å²) in [7, 11) is -2.97. The van der Waals surface area contributed by atoms with Gasteiger partial charge in [0, 0.05) is 16.8 Å². The molecule has 0 spiro atoms. The molecule has 1 aromatic rings. The maximum Gasteiger partial charge on any atom is 0.252 e. The Morgan fingerprint density at radius 3 is 2.70 bits per heavy atom. The van der Waals surface area contributed by atoms with E-state index in [1.165, 1.54) is 11.8 Å². The third-order valence-electron chi connectivity index (χ3n) is 4.00. The van der Waals surface area contributed by atoms with Crippen LogP contribution in [0.5, 0.6) is 0 Å². The maximum absolute atomic E-state index is 12.2. The predicted octanol–water partition coefficient (Wildman–Crippen LogP) is 2.00. The number of halogens is 1. The van der Waals surface area contributed by atoms with E-state index in [-0.39, 0.29) is 35.1 Å². The molecule has 0 N–H and O–H groups in total. The number of sulfone groups is 1. The Morgan fingerprint density at radius 2 is 2.04 bits per heavy atom. The Bertz CT molecular complexity index is 746.